The van der Waals surface area contributed by atoms with Crippen LogP contribution in [0.2, 0.25) is 5.16 Å². The predicted molar refractivity (Wildman–Crippen MR) is 47.8 cm³/mol. The van der Waals surface area contributed by atoms with Gasteiger partial charge < -0.3 is 0 Å². The van der Waals surface area contributed by atoms with Crippen LogP contribution >= 0.6 is 0 Å². The molecule has 0 unspecified atom stereocenters. The smallest absolute Gasteiger partial charge is 0.00245 e. The molecule has 0 aromatic heterocycles. The first kappa shape index (κ1) is 8.43. The molecule has 2 heteroatoms. The Bertz CT molecular complexity index is 43.8. The van der Waals surface area contributed by atoms with Gasteiger partial charge in [-0.2, -0.15) is 0 Å². The lowest BCUT2D eigenvalue weighted by Gasteiger charge is -2.00. The lowest BCUT2D eigenvalue weighted by molar-refractivity contribution is 0.689. The van der Waals surface area contributed by atoms with E-state index in [1.807, 2.05) is 0 Å². The molecule has 0 aliphatic heterocycles. The third-order valence-electron chi connectivity index (χ3n) is 1.39. The molecule has 8 heavy (non-hydrogen) atoms. The van der Waals surface area contributed by atoms with Crippen molar-refractivity contribution >= 4 is 20.5 Å². The zero-order chi connectivity index (χ0) is 6.41. The van der Waals surface area contributed by atoms with E-state index in [2.05, 4.69) is 6.92 Å². The molecule has 0 radical (unpaired) electrons. The van der Waals surface area contributed by atoms with E-state index >= 15 is 0 Å². The van der Waals surface area contributed by atoms with Crippen molar-refractivity contribution in [2.45, 2.75) is 37.8 Å². The molecule has 0 aromatic carbocycles. The Morgan fingerprint density at radius 2 is 1.88 bits per heavy atom. The minimum atomic E-state index is 1.18. The van der Waals surface area contributed by atoms with Gasteiger partial charge in [-0.1, -0.05) is 37.8 Å². The molecule has 0 heterocycles. The average Bonchev–Trinajstić information content (AvgIpc) is 1.66. The summed E-state index contributed by atoms with van der Waals surface area (Å²) in [5.74, 6) is 0. The second kappa shape index (κ2) is 5.57. The van der Waals surface area contributed by atoms with Gasteiger partial charge in [0.25, 0.3) is 0 Å². The Labute approximate surface area is 58.9 Å². The summed E-state index contributed by atoms with van der Waals surface area (Å²) in [6.45, 7) is 2.27. The molecule has 50 valence electrons. The minimum absolute atomic E-state index is 1.18. The van der Waals surface area contributed by atoms with Crippen molar-refractivity contribution in [2.24, 2.45) is 0 Å². The van der Waals surface area contributed by atoms with Crippen LogP contribution in [0.1, 0.15) is 32.6 Å². The Kier molecular flexibility index (Phi) is 5.87. The predicted octanol–water partition coefficient (Wildman–Crippen LogP) is 0.0435. The van der Waals surface area contributed by atoms with Crippen molar-refractivity contribution < 1.29 is 0 Å². The summed E-state index contributed by atoms with van der Waals surface area (Å²) >= 11 is 0. The summed E-state index contributed by atoms with van der Waals surface area (Å²) in [5, 5.41) is 1.18. The first-order chi connectivity index (χ1) is 3.77. The Balaban J connectivity index is 2.72. The van der Waals surface area contributed by atoms with Crippen molar-refractivity contribution in [3.63, 3.8) is 0 Å². The van der Waals surface area contributed by atoms with Gasteiger partial charge in [-0.05, 0) is 0 Å². The monoisotopic (exact) mass is 146 g/mol. The third kappa shape index (κ3) is 6.43. The fraction of sp³-hybridized carbons (Fsp3) is 1.00. The summed E-state index contributed by atoms with van der Waals surface area (Å²) in [4.78, 5) is 0. The molecule has 0 spiro atoms. The van der Waals surface area contributed by atoms with Gasteiger partial charge in [0.2, 0.25) is 0 Å². The SMILES string of the molecule is CCCCCC([SiH3])[SiH3]. The summed E-state index contributed by atoms with van der Waals surface area (Å²) in [6, 6.07) is 0. The van der Waals surface area contributed by atoms with Crippen LogP contribution in [0.4, 0.5) is 0 Å². The van der Waals surface area contributed by atoms with E-state index in [0.717, 1.165) is 0 Å². The first-order valence-electron chi connectivity index (χ1n) is 3.77. The van der Waals surface area contributed by atoms with E-state index in [1.165, 1.54) is 51.3 Å². The van der Waals surface area contributed by atoms with E-state index in [0.29, 0.717) is 0 Å². The molecule has 0 atom stereocenters. The topological polar surface area (TPSA) is 0 Å². The van der Waals surface area contributed by atoms with Gasteiger partial charge in [0.1, 0.15) is 0 Å². The number of unbranched alkanes of at least 4 members (excludes halogenated alkanes) is 2. The summed E-state index contributed by atoms with van der Waals surface area (Å²) < 4.78 is 0. The third-order valence-corrected chi connectivity index (χ3v) is 2.54. The number of hydrogen-bond acceptors (Lipinski definition) is 0. The summed E-state index contributed by atoms with van der Waals surface area (Å²) in [7, 11) is 2.89. The number of rotatable bonds is 4. The van der Waals surface area contributed by atoms with E-state index in [1.54, 1.807) is 0 Å². The molecule has 0 aliphatic carbocycles. The molecule has 0 bridgehead atoms. The molecule has 0 N–H and O–H groups in total. The van der Waals surface area contributed by atoms with E-state index < -0.39 is 0 Å². The first-order valence-corrected chi connectivity index (χ1v) is 6.08. The molecule has 0 saturated heterocycles. The zero-order valence-electron chi connectivity index (χ0n) is 6.41. The van der Waals surface area contributed by atoms with Crippen LogP contribution in [0.5, 0.6) is 0 Å². The molecule has 0 aliphatic rings. The van der Waals surface area contributed by atoms with Crippen LogP contribution in [-0.4, -0.2) is 20.5 Å². The van der Waals surface area contributed by atoms with Gasteiger partial charge in [0.05, 0.1) is 0 Å². The highest BCUT2D eigenvalue weighted by Crippen LogP contribution is 2.06. The van der Waals surface area contributed by atoms with Gasteiger partial charge >= 0.3 is 0 Å². The zero-order valence-corrected chi connectivity index (χ0v) is 10.4. The van der Waals surface area contributed by atoms with Crippen LogP contribution in [0, 0.1) is 0 Å². The van der Waals surface area contributed by atoms with E-state index in [4.69, 9.17) is 0 Å². The van der Waals surface area contributed by atoms with Crippen LogP contribution in [-0.2, 0) is 0 Å². The van der Waals surface area contributed by atoms with Gasteiger partial charge in [-0.3, -0.25) is 0 Å². The molecule has 0 rings (SSSR count). The average molecular weight is 146 g/mol. The maximum absolute atomic E-state index is 2.27. The molecule has 0 aromatic rings. The standard InChI is InChI=1S/C6H18Si2/c1-2-3-4-5-6(7)8/h6H,2-5H2,1,7-8H3. The van der Waals surface area contributed by atoms with Crippen LogP contribution in [0.25, 0.3) is 0 Å². The van der Waals surface area contributed by atoms with Crippen molar-refractivity contribution in [3.05, 3.63) is 0 Å². The maximum atomic E-state index is 2.27. The van der Waals surface area contributed by atoms with Gasteiger partial charge in [-0.25, -0.2) is 0 Å². The second-order valence-electron chi connectivity index (χ2n) is 2.89. The minimum Gasteiger partial charge on any atom is -0.0662 e. The van der Waals surface area contributed by atoms with Gasteiger partial charge in [0.15, 0.2) is 0 Å². The molecule has 0 amide bonds. The van der Waals surface area contributed by atoms with Crippen LogP contribution in [0.15, 0.2) is 0 Å². The van der Waals surface area contributed by atoms with Gasteiger partial charge in [-0.15, -0.1) is 0 Å². The Morgan fingerprint density at radius 1 is 1.25 bits per heavy atom. The largest absolute Gasteiger partial charge is 0.0662 e. The molecular formula is C6H18Si2. The summed E-state index contributed by atoms with van der Waals surface area (Å²) in [5.41, 5.74) is 0. The lowest BCUT2D eigenvalue weighted by Crippen LogP contribution is -1.89. The van der Waals surface area contributed by atoms with Crippen LogP contribution < -0.4 is 0 Å². The quantitative estimate of drug-likeness (QED) is 0.388. The highest BCUT2D eigenvalue weighted by molar-refractivity contribution is 6.35. The highest BCUT2D eigenvalue weighted by atomic mass is 28.2. The highest BCUT2D eigenvalue weighted by Gasteiger charge is 1.90. The van der Waals surface area contributed by atoms with E-state index in [9.17, 15) is 0 Å². The van der Waals surface area contributed by atoms with Crippen molar-refractivity contribution in [1.82, 2.24) is 0 Å². The van der Waals surface area contributed by atoms with Crippen molar-refractivity contribution in [1.29, 1.82) is 0 Å². The Hall–Kier alpha value is 0.434. The molecule has 0 fully saturated rings. The fourth-order valence-electron chi connectivity index (χ4n) is 0.803. The Morgan fingerprint density at radius 3 is 2.25 bits per heavy atom. The van der Waals surface area contributed by atoms with Crippen molar-refractivity contribution in [2.75, 3.05) is 0 Å². The van der Waals surface area contributed by atoms with Crippen LogP contribution in [0.3, 0.4) is 0 Å². The lowest BCUT2D eigenvalue weighted by atomic mass is 10.2. The maximum Gasteiger partial charge on any atom is 0.00245 e. The van der Waals surface area contributed by atoms with Crippen molar-refractivity contribution in [3.8, 4) is 0 Å². The molecular weight excluding hydrogens is 128 g/mol. The number of hydrogen-bond donors (Lipinski definition) is 0. The fourth-order valence-corrected chi connectivity index (χ4v) is 1.62. The molecule has 0 saturated carbocycles. The van der Waals surface area contributed by atoms with E-state index in [-0.39, 0.29) is 0 Å². The summed E-state index contributed by atoms with van der Waals surface area (Å²) in [6.07, 6.45) is 5.87. The van der Waals surface area contributed by atoms with Gasteiger partial charge in [0, 0.05) is 20.5 Å². The second-order valence-corrected chi connectivity index (χ2v) is 9.14. The molecule has 0 nitrogen and oxygen atoms in total. The normalized spacial score (nSPS) is 14.6.